The van der Waals surface area contributed by atoms with Gasteiger partial charge in [-0.3, -0.25) is 0 Å². The van der Waals surface area contributed by atoms with Crippen molar-refractivity contribution in [2.45, 2.75) is 25.3 Å². The van der Waals surface area contributed by atoms with E-state index in [1.807, 2.05) is 19.3 Å². The zero-order chi connectivity index (χ0) is 12.4. The Balaban J connectivity index is 1.83. The normalized spacial score (nSPS) is 14.7. The predicted molar refractivity (Wildman–Crippen MR) is 71.4 cm³/mol. The zero-order valence-corrected chi connectivity index (χ0v) is 10.6. The van der Waals surface area contributed by atoms with E-state index in [9.17, 15) is 0 Å². The molecule has 1 aliphatic rings. The van der Waals surface area contributed by atoms with Gasteiger partial charge >= 0.3 is 0 Å². The van der Waals surface area contributed by atoms with Crippen LogP contribution in [0.5, 0.6) is 0 Å². The third-order valence-electron chi connectivity index (χ3n) is 3.51. The van der Waals surface area contributed by atoms with Gasteiger partial charge in [-0.05, 0) is 37.1 Å². The standard InChI is InChI=1S/C15H17N3/c1-16-10-14-6-7-17-15(18-14)13-8-11-4-2-3-5-12(11)9-13/h2-7,13,16H,8-10H2,1H3. The van der Waals surface area contributed by atoms with Crippen molar-refractivity contribution in [2.75, 3.05) is 7.05 Å². The second kappa shape index (κ2) is 4.86. The molecule has 0 saturated carbocycles. The molecule has 0 radical (unpaired) electrons. The van der Waals surface area contributed by atoms with E-state index >= 15 is 0 Å². The lowest BCUT2D eigenvalue weighted by atomic mass is 10.1. The first-order valence-corrected chi connectivity index (χ1v) is 6.40. The van der Waals surface area contributed by atoms with Crippen LogP contribution in [0.25, 0.3) is 0 Å². The van der Waals surface area contributed by atoms with Crippen molar-refractivity contribution in [1.82, 2.24) is 15.3 Å². The highest BCUT2D eigenvalue weighted by Crippen LogP contribution is 2.31. The van der Waals surface area contributed by atoms with Gasteiger partial charge in [-0.15, -0.1) is 0 Å². The van der Waals surface area contributed by atoms with Crippen molar-refractivity contribution in [3.8, 4) is 0 Å². The molecule has 0 aliphatic heterocycles. The van der Waals surface area contributed by atoms with Gasteiger partial charge in [0, 0.05) is 18.7 Å². The zero-order valence-electron chi connectivity index (χ0n) is 10.6. The van der Waals surface area contributed by atoms with Crippen molar-refractivity contribution in [3.05, 3.63) is 59.2 Å². The summed E-state index contributed by atoms with van der Waals surface area (Å²) in [7, 11) is 1.94. The highest BCUT2D eigenvalue weighted by molar-refractivity contribution is 5.35. The molecule has 1 heterocycles. The summed E-state index contributed by atoms with van der Waals surface area (Å²) in [4.78, 5) is 9.10. The number of hydrogen-bond acceptors (Lipinski definition) is 3. The predicted octanol–water partition coefficient (Wildman–Crippen LogP) is 2.08. The molecule has 0 spiro atoms. The van der Waals surface area contributed by atoms with E-state index in [1.165, 1.54) is 11.1 Å². The van der Waals surface area contributed by atoms with E-state index in [1.54, 1.807) is 0 Å². The molecular weight excluding hydrogens is 222 g/mol. The molecule has 0 unspecified atom stereocenters. The van der Waals surface area contributed by atoms with Gasteiger partial charge in [0.15, 0.2) is 0 Å². The molecule has 3 heteroatoms. The fourth-order valence-corrected chi connectivity index (χ4v) is 2.63. The number of fused-ring (bicyclic) bond motifs is 1. The Morgan fingerprint density at radius 2 is 1.89 bits per heavy atom. The van der Waals surface area contributed by atoms with Gasteiger partial charge in [0.05, 0.1) is 5.69 Å². The lowest BCUT2D eigenvalue weighted by Crippen LogP contribution is -2.11. The first-order chi connectivity index (χ1) is 8.86. The minimum atomic E-state index is 0.444. The van der Waals surface area contributed by atoms with Gasteiger partial charge in [0.2, 0.25) is 0 Å². The van der Waals surface area contributed by atoms with Gasteiger partial charge in [-0.2, -0.15) is 0 Å². The summed E-state index contributed by atoms with van der Waals surface area (Å²) in [6.45, 7) is 0.801. The van der Waals surface area contributed by atoms with Crippen molar-refractivity contribution >= 4 is 0 Å². The van der Waals surface area contributed by atoms with Crippen molar-refractivity contribution in [1.29, 1.82) is 0 Å². The number of aromatic nitrogens is 2. The Kier molecular flexibility index (Phi) is 3.07. The Labute approximate surface area is 107 Å². The summed E-state index contributed by atoms with van der Waals surface area (Å²) in [5.74, 6) is 1.43. The maximum atomic E-state index is 4.65. The quantitative estimate of drug-likeness (QED) is 0.891. The van der Waals surface area contributed by atoms with E-state index in [0.717, 1.165) is 30.9 Å². The van der Waals surface area contributed by atoms with Crippen LogP contribution in [0.3, 0.4) is 0 Å². The van der Waals surface area contributed by atoms with E-state index < -0.39 is 0 Å². The van der Waals surface area contributed by atoms with Crippen LogP contribution in [-0.4, -0.2) is 17.0 Å². The largest absolute Gasteiger partial charge is 0.314 e. The molecule has 0 saturated heterocycles. The molecular formula is C15H17N3. The molecule has 0 amide bonds. The number of nitrogens with zero attached hydrogens (tertiary/aromatic N) is 2. The summed E-state index contributed by atoms with van der Waals surface area (Å²) in [6.07, 6.45) is 4.01. The molecule has 0 fully saturated rings. The number of benzene rings is 1. The maximum absolute atomic E-state index is 4.65. The lowest BCUT2D eigenvalue weighted by molar-refractivity contribution is 0.665. The Hall–Kier alpha value is -1.74. The summed E-state index contributed by atoms with van der Waals surface area (Å²) in [5.41, 5.74) is 3.97. The molecule has 1 aromatic heterocycles. The molecule has 3 nitrogen and oxygen atoms in total. The Bertz CT molecular complexity index is 526. The van der Waals surface area contributed by atoms with Crippen LogP contribution in [0, 0.1) is 0 Å². The molecule has 0 bridgehead atoms. The third kappa shape index (κ3) is 2.14. The summed E-state index contributed by atoms with van der Waals surface area (Å²) in [6, 6.07) is 10.6. The number of hydrogen-bond donors (Lipinski definition) is 1. The van der Waals surface area contributed by atoms with Crippen LogP contribution in [0.1, 0.15) is 28.6 Å². The first kappa shape index (κ1) is 11.4. The SMILES string of the molecule is CNCc1ccnc(C2Cc3ccccc3C2)n1. The Morgan fingerprint density at radius 1 is 1.17 bits per heavy atom. The number of nitrogens with one attached hydrogen (secondary N) is 1. The summed E-state index contributed by atoms with van der Waals surface area (Å²) in [5, 5.41) is 3.13. The smallest absolute Gasteiger partial charge is 0.132 e. The van der Waals surface area contributed by atoms with Crippen LogP contribution < -0.4 is 5.32 Å². The minimum Gasteiger partial charge on any atom is -0.314 e. The van der Waals surface area contributed by atoms with Crippen molar-refractivity contribution < 1.29 is 0 Å². The van der Waals surface area contributed by atoms with Crippen molar-refractivity contribution in [3.63, 3.8) is 0 Å². The van der Waals surface area contributed by atoms with Gasteiger partial charge in [-0.1, -0.05) is 24.3 Å². The highest BCUT2D eigenvalue weighted by atomic mass is 14.9. The summed E-state index contributed by atoms with van der Waals surface area (Å²) >= 11 is 0. The Morgan fingerprint density at radius 3 is 2.56 bits per heavy atom. The van der Waals surface area contributed by atoms with Crippen LogP contribution in [0.15, 0.2) is 36.5 Å². The van der Waals surface area contributed by atoms with Gasteiger partial charge < -0.3 is 5.32 Å². The lowest BCUT2D eigenvalue weighted by Gasteiger charge is -2.08. The molecule has 1 aromatic carbocycles. The van der Waals surface area contributed by atoms with E-state index in [0.29, 0.717) is 5.92 Å². The second-order valence-electron chi connectivity index (χ2n) is 4.81. The van der Waals surface area contributed by atoms with Crippen LogP contribution in [0.4, 0.5) is 0 Å². The molecule has 1 aliphatic carbocycles. The minimum absolute atomic E-state index is 0.444. The molecule has 18 heavy (non-hydrogen) atoms. The van der Waals surface area contributed by atoms with Crippen LogP contribution >= 0.6 is 0 Å². The van der Waals surface area contributed by atoms with E-state index in [2.05, 4.69) is 39.6 Å². The van der Waals surface area contributed by atoms with Gasteiger partial charge in [-0.25, -0.2) is 9.97 Å². The molecule has 92 valence electrons. The average Bonchev–Trinajstić information content (AvgIpc) is 2.83. The fourth-order valence-electron chi connectivity index (χ4n) is 2.63. The van der Waals surface area contributed by atoms with E-state index in [-0.39, 0.29) is 0 Å². The third-order valence-corrected chi connectivity index (χ3v) is 3.51. The van der Waals surface area contributed by atoms with E-state index in [4.69, 9.17) is 0 Å². The summed E-state index contributed by atoms with van der Waals surface area (Å²) < 4.78 is 0. The second-order valence-corrected chi connectivity index (χ2v) is 4.81. The first-order valence-electron chi connectivity index (χ1n) is 6.40. The molecule has 1 N–H and O–H groups in total. The molecule has 3 rings (SSSR count). The maximum Gasteiger partial charge on any atom is 0.132 e. The average molecular weight is 239 g/mol. The number of rotatable bonds is 3. The van der Waals surface area contributed by atoms with Gasteiger partial charge in [0.25, 0.3) is 0 Å². The van der Waals surface area contributed by atoms with Gasteiger partial charge in [0.1, 0.15) is 5.82 Å². The monoisotopic (exact) mass is 239 g/mol. The topological polar surface area (TPSA) is 37.8 Å². The molecule has 2 aromatic rings. The van der Waals surface area contributed by atoms with Crippen molar-refractivity contribution in [2.24, 2.45) is 0 Å². The highest BCUT2D eigenvalue weighted by Gasteiger charge is 2.24. The fraction of sp³-hybridized carbons (Fsp3) is 0.333. The van der Waals surface area contributed by atoms with Crippen LogP contribution in [-0.2, 0) is 19.4 Å². The van der Waals surface area contributed by atoms with Crippen LogP contribution in [0.2, 0.25) is 0 Å². The molecule has 0 atom stereocenters.